The van der Waals surface area contributed by atoms with Gasteiger partial charge in [0.2, 0.25) is 0 Å². The number of carbonyl (C=O) groups excluding carboxylic acids is 2. The normalized spacial score (nSPS) is 8.53. The zero-order valence-corrected chi connectivity index (χ0v) is 13.7. The van der Waals surface area contributed by atoms with Gasteiger partial charge < -0.3 is 20.6 Å². The van der Waals surface area contributed by atoms with Crippen LogP contribution in [-0.2, 0) is 9.59 Å². The van der Waals surface area contributed by atoms with Crippen molar-refractivity contribution in [1.29, 1.82) is 0 Å². The van der Waals surface area contributed by atoms with Gasteiger partial charge in [-0.05, 0) is 27.3 Å². The molecular weight excluding hydrogens is 219 g/mol. The van der Waals surface area contributed by atoms with Gasteiger partial charge in [0.25, 0.3) is 0 Å². The maximum absolute atomic E-state index is 8.00. The molecule has 0 aliphatic rings. The van der Waals surface area contributed by atoms with E-state index in [2.05, 4.69) is 19.2 Å². The molecule has 0 spiro atoms. The van der Waals surface area contributed by atoms with Gasteiger partial charge in [-0.1, -0.05) is 12.8 Å². The molecule has 0 saturated heterocycles. The molecule has 0 fully saturated rings. The van der Waals surface area contributed by atoms with Gasteiger partial charge in [0.1, 0.15) is 13.6 Å². The fraction of sp³-hybridized carbons (Fsp3) is 0.800. The summed E-state index contributed by atoms with van der Waals surface area (Å²) in [4.78, 5) is 16.0. The third kappa shape index (κ3) is 25.3. The molecule has 0 atom stereocenters. The molecule has 4 nitrogen and oxygen atoms in total. The van der Waals surface area contributed by atoms with Crippen molar-refractivity contribution in [2.45, 2.75) is 38.6 Å². The molecular formula is C10H23KN2O2. The van der Waals surface area contributed by atoms with Crippen molar-refractivity contribution < 1.29 is 61.0 Å². The number of rotatable bonds is 5. The zero-order chi connectivity index (χ0) is 12.0. The third-order valence-corrected chi connectivity index (χ3v) is 1.91. The van der Waals surface area contributed by atoms with Crippen LogP contribution in [0.2, 0.25) is 0 Å². The average Bonchev–Trinajstić information content (AvgIpc) is 2.24. The number of carbonyl (C=O) groups is 2. The van der Waals surface area contributed by atoms with Crippen molar-refractivity contribution >= 4 is 13.6 Å². The number of hydrogen-bond acceptors (Lipinski definition) is 3. The van der Waals surface area contributed by atoms with Gasteiger partial charge in [0.05, 0.1) is 0 Å². The Bertz CT molecular complexity index is 112. The quantitative estimate of drug-likeness (QED) is 0.488. The van der Waals surface area contributed by atoms with Crippen molar-refractivity contribution in [3.05, 3.63) is 5.73 Å². The summed E-state index contributed by atoms with van der Waals surface area (Å²) in [6.07, 6.45) is 3.37. The topological polar surface area (TPSA) is 70.0 Å². The summed E-state index contributed by atoms with van der Waals surface area (Å²) in [6.45, 7) is 8.95. The Balaban J connectivity index is -0.000000107. The molecule has 0 saturated carbocycles. The molecule has 0 aliphatic heterocycles. The first-order chi connectivity index (χ1) is 6.62. The minimum atomic E-state index is 0. The maximum Gasteiger partial charge on any atom is 1.00 e. The fourth-order valence-electron chi connectivity index (χ4n) is 0.817. The van der Waals surface area contributed by atoms with Crippen LogP contribution in [0.5, 0.6) is 0 Å². The van der Waals surface area contributed by atoms with E-state index in [1.54, 1.807) is 0 Å². The Kier molecular flexibility index (Phi) is 33.8. The first-order valence-corrected chi connectivity index (χ1v) is 4.53. The molecule has 0 heterocycles. The van der Waals surface area contributed by atoms with Gasteiger partial charge in [-0.2, -0.15) is 6.54 Å². The van der Waals surface area contributed by atoms with E-state index in [-0.39, 0.29) is 56.9 Å². The first kappa shape index (κ1) is 24.9. The second-order valence-corrected chi connectivity index (χ2v) is 3.34. The first-order valence-electron chi connectivity index (χ1n) is 4.53. The summed E-state index contributed by atoms with van der Waals surface area (Å²) in [6, 6.07) is 0. The molecule has 2 N–H and O–H groups in total. The summed E-state index contributed by atoms with van der Waals surface area (Å²) in [5.41, 5.74) is 7.21. The van der Waals surface area contributed by atoms with E-state index in [9.17, 15) is 0 Å². The van der Waals surface area contributed by atoms with Crippen molar-refractivity contribution in [2.75, 3.05) is 13.6 Å². The van der Waals surface area contributed by atoms with Crippen LogP contribution in [0.3, 0.4) is 0 Å². The number of hydrogen-bond donors (Lipinski definition) is 1. The van der Waals surface area contributed by atoms with Crippen LogP contribution in [0.4, 0.5) is 0 Å². The predicted molar refractivity (Wildman–Crippen MR) is 60.4 cm³/mol. The largest absolute Gasteiger partial charge is 1.00 e. The molecule has 0 amide bonds. The molecule has 0 bridgehead atoms. The van der Waals surface area contributed by atoms with Crippen LogP contribution in [0.1, 0.15) is 33.1 Å². The predicted octanol–water partition coefficient (Wildman–Crippen LogP) is -1.16. The second-order valence-electron chi connectivity index (χ2n) is 3.34. The summed E-state index contributed by atoms with van der Waals surface area (Å²) in [5, 5.41) is 3.24. The summed E-state index contributed by atoms with van der Waals surface area (Å²) in [5.74, 6) is 0. The molecule has 0 aliphatic carbocycles. The van der Waals surface area contributed by atoms with Gasteiger partial charge in [0.15, 0.2) is 0 Å². The van der Waals surface area contributed by atoms with Crippen LogP contribution in [0, 0.1) is 0 Å². The molecule has 15 heavy (non-hydrogen) atoms. The Morgan fingerprint density at radius 2 is 1.53 bits per heavy atom. The molecule has 86 valence electrons. The van der Waals surface area contributed by atoms with E-state index >= 15 is 0 Å². The summed E-state index contributed by atoms with van der Waals surface area (Å²) >= 11 is 0. The van der Waals surface area contributed by atoms with Crippen molar-refractivity contribution in [3.63, 3.8) is 0 Å². The SMILES string of the molecule is C=O.C=O.CNC(C)(C)CCCC[NH-].[K+]. The minimum Gasteiger partial charge on any atom is -0.677 e. The van der Waals surface area contributed by atoms with Gasteiger partial charge >= 0.3 is 51.4 Å². The fourth-order valence-corrected chi connectivity index (χ4v) is 0.817. The monoisotopic (exact) mass is 242 g/mol. The van der Waals surface area contributed by atoms with Crippen LogP contribution in [0.15, 0.2) is 0 Å². The molecule has 0 aromatic carbocycles. The van der Waals surface area contributed by atoms with Gasteiger partial charge in [-0.25, -0.2) is 0 Å². The Hall–Kier alpha value is 0.896. The van der Waals surface area contributed by atoms with E-state index < -0.39 is 0 Å². The summed E-state index contributed by atoms with van der Waals surface area (Å²) in [7, 11) is 1.99. The van der Waals surface area contributed by atoms with Crippen molar-refractivity contribution in [2.24, 2.45) is 0 Å². The van der Waals surface area contributed by atoms with Gasteiger partial charge in [0, 0.05) is 5.54 Å². The van der Waals surface area contributed by atoms with Crippen LogP contribution in [-0.4, -0.2) is 32.7 Å². The Labute approximate surface area is 136 Å². The van der Waals surface area contributed by atoms with E-state index in [0.717, 1.165) is 12.8 Å². The molecule has 0 unspecified atom stereocenters. The van der Waals surface area contributed by atoms with Gasteiger partial charge in [-0.15, -0.1) is 0 Å². The number of unbranched alkanes of at least 4 members (excludes halogenated alkanes) is 1. The molecule has 0 aromatic rings. The van der Waals surface area contributed by atoms with E-state index in [0.29, 0.717) is 6.54 Å². The zero-order valence-electron chi connectivity index (χ0n) is 10.6. The Morgan fingerprint density at radius 3 is 1.80 bits per heavy atom. The smallest absolute Gasteiger partial charge is 0.677 e. The van der Waals surface area contributed by atoms with E-state index in [1.165, 1.54) is 6.42 Å². The molecule has 0 aromatic heterocycles. The van der Waals surface area contributed by atoms with Crippen LogP contribution in [0.25, 0.3) is 5.73 Å². The molecule has 0 rings (SSSR count). The van der Waals surface area contributed by atoms with Crippen molar-refractivity contribution in [1.82, 2.24) is 5.32 Å². The van der Waals surface area contributed by atoms with Crippen molar-refractivity contribution in [3.8, 4) is 0 Å². The average molecular weight is 242 g/mol. The minimum absolute atomic E-state index is 0. The van der Waals surface area contributed by atoms with E-state index in [1.807, 2.05) is 20.6 Å². The second kappa shape index (κ2) is 20.3. The van der Waals surface area contributed by atoms with E-state index in [4.69, 9.17) is 15.3 Å². The standard InChI is InChI=1S/C8H19N2.2CH2O.K/c1-8(2,10-3)6-4-5-7-9;2*1-2;/h9-10H,4-7H2,1-3H3;2*1H2;/q-1;;;+1. The molecule has 0 radical (unpaired) electrons. The Morgan fingerprint density at radius 1 is 1.13 bits per heavy atom. The number of nitrogens with one attached hydrogen (secondary N) is 2. The van der Waals surface area contributed by atoms with Crippen LogP contribution >= 0.6 is 0 Å². The third-order valence-electron chi connectivity index (χ3n) is 1.91. The van der Waals surface area contributed by atoms with Crippen LogP contribution < -0.4 is 56.7 Å². The molecule has 5 heteroatoms. The summed E-state index contributed by atoms with van der Waals surface area (Å²) < 4.78 is 0. The maximum atomic E-state index is 8.00. The van der Waals surface area contributed by atoms with Gasteiger partial charge in [-0.3, -0.25) is 0 Å².